The van der Waals surface area contributed by atoms with E-state index in [1.54, 1.807) is 87.5 Å². The van der Waals surface area contributed by atoms with Gasteiger partial charge in [-0.05, 0) is 145 Å². The van der Waals surface area contributed by atoms with Gasteiger partial charge in [-0.25, -0.2) is 19.2 Å². The molecule has 1 atom stereocenters. The summed E-state index contributed by atoms with van der Waals surface area (Å²) in [5, 5.41) is 51.1. The normalized spacial score (nSPS) is 14.8. The second kappa shape index (κ2) is 38.6. The first-order valence-corrected chi connectivity index (χ1v) is 38.3. The Morgan fingerprint density at radius 1 is 0.413 bits per heavy atom. The summed E-state index contributed by atoms with van der Waals surface area (Å²) in [7, 11) is -5.32. The van der Waals surface area contributed by atoms with E-state index in [1.807, 2.05) is 33.8 Å². The van der Waals surface area contributed by atoms with Gasteiger partial charge in [0.2, 0.25) is 0 Å². The molecule has 0 aliphatic carbocycles. The number of benzene rings is 4. The Bertz CT molecular complexity index is 4080. The van der Waals surface area contributed by atoms with Gasteiger partial charge in [0.05, 0.1) is 73.2 Å². The quantitative estimate of drug-likeness (QED) is 0.0100. The number of hydrogen-bond donors (Lipinski definition) is 8. The predicted octanol–water partition coefficient (Wildman–Crippen LogP) is 12.2. The maximum atomic E-state index is 12.8. The topological polar surface area (TPSA) is 411 Å². The van der Waals surface area contributed by atoms with Gasteiger partial charge >= 0.3 is 46.7 Å². The van der Waals surface area contributed by atoms with Crippen molar-refractivity contribution in [3.63, 3.8) is 0 Å². The van der Waals surface area contributed by atoms with E-state index in [1.165, 1.54) is 28.4 Å². The molecule has 4 aromatic carbocycles. The first-order valence-electron chi connectivity index (χ1n) is 33.0. The van der Waals surface area contributed by atoms with Crippen LogP contribution in [0.3, 0.4) is 0 Å². The second-order valence-corrected chi connectivity index (χ2v) is 30.9. The molecule has 8 N–H and O–H groups in total. The lowest BCUT2D eigenvalue weighted by molar-refractivity contribution is 0.0523. The van der Waals surface area contributed by atoms with Crippen molar-refractivity contribution in [3.05, 3.63) is 136 Å². The number of hydrogen-bond acceptors (Lipinski definition) is 26. The molecule has 0 fully saturated rings. The summed E-state index contributed by atoms with van der Waals surface area (Å²) in [4.78, 5) is 74.6. The van der Waals surface area contributed by atoms with Crippen LogP contribution in [0.15, 0.2) is 46.6 Å². The summed E-state index contributed by atoms with van der Waals surface area (Å²) >= 11 is 0. The molecule has 0 amide bonds. The zero-order chi connectivity index (χ0) is 78.0. The Kier molecular flexibility index (Phi) is 32.3. The van der Waals surface area contributed by atoms with Gasteiger partial charge in [0.15, 0.2) is 0 Å². The summed E-state index contributed by atoms with van der Waals surface area (Å²) < 4.78 is 109. The summed E-state index contributed by atoms with van der Waals surface area (Å²) in [6.07, 6.45) is 6.36. The summed E-state index contributed by atoms with van der Waals surface area (Å²) in [5.41, 5.74) is 11.5. The van der Waals surface area contributed by atoms with Crippen molar-refractivity contribution in [2.24, 2.45) is 0 Å². The molecule has 4 heterocycles. The molecule has 0 saturated heterocycles. The Morgan fingerprint density at radius 3 is 0.904 bits per heavy atom. The molecule has 0 bridgehead atoms. The van der Waals surface area contributed by atoms with Crippen LogP contribution in [0.2, 0.25) is 0 Å². The maximum Gasteiger partial charge on any atom is 0.356 e. The lowest BCUT2D eigenvalue weighted by Gasteiger charge is -2.22. The van der Waals surface area contributed by atoms with E-state index in [2.05, 4.69) is 0 Å². The summed E-state index contributed by atoms with van der Waals surface area (Å²) in [6.45, 7) is 25.8. The summed E-state index contributed by atoms with van der Waals surface area (Å²) in [5.74, 6) is -0.604. The van der Waals surface area contributed by atoms with Gasteiger partial charge in [-0.2, -0.15) is 0 Å². The molecule has 29 nitrogen and oxygen atoms in total. The highest BCUT2D eigenvalue weighted by atomic mass is 31.2. The first kappa shape index (κ1) is 87.0. The van der Waals surface area contributed by atoms with Gasteiger partial charge in [0.1, 0.15) is 114 Å². The van der Waals surface area contributed by atoms with Crippen molar-refractivity contribution in [1.29, 1.82) is 0 Å². The monoisotopic (exact) mass is 1520 g/mol. The van der Waals surface area contributed by atoms with Gasteiger partial charge in [0, 0.05) is 44.5 Å². The van der Waals surface area contributed by atoms with Gasteiger partial charge < -0.3 is 106 Å². The van der Waals surface area contributed by atoms with Crippen LogP contribution in [-0.2, 0) is 113 Å². The van der Waals surface area contributed by atoms with Crippen molar-refractivity contribution in [3.8, 4) is 46.0 Å². The molecular weight excluding hydrogens is 1420 g/mol. The highest BCUT2D eigenvalue weighted by molar-refractivity contribution is 7.53. The molecule has 576 valence electrons. The van der Waals surface area contributed by atoms with Crippen molar-refractivity contribution in [2.45, 2.75) is 167 Å². The fraction of sp³-hybridized carbons (Fsp3) is 0.500. The molecule has 4 aliphatic heterocycles. The van der Waals surface area contributed by atoms with Crippen LogP contribution in [0.1, 0.15) is 177 Å². The standard InChI is InChI=1S/C22H33O8P.C19H27O8P.C16H21O8P.C15H18O5/c1-13(2)29-31(25,30-14(3)4)12-27-10-15(5)8-9-17-20(23)19-18(11-28-22(19)24)16(6)21(17)26-7;1-11(2)27-28(22,23)10-25-8-12(3)6-7-14-17(20)16-15(9-26-19(16)21)13(4)18(14)24-5;1-9(6-23-8-25(19,20)21)4-5-11-14(17)13-12(7-24-16(13)18)10(2)15(11)22-3;1-8(6-16)4-5-10-13(17)12-11(7-20-15(12)18)9(2)14(10)19-3/h8,13-14,23H,9-12H2,1-7H3;6,11,20H,7-10H2,1-5H3,(H,22,23);4,17H,5-8H2,1-3H3,(H2,19,20,21);4,16-17H,5-7H2,1-3H3/b15-8+;12-6+;9-4+;8-4+. The number of ether oxygens (including phenoxy) is 11. The smallest absolute Gasteiger partial charge is 0.356 e. The van der Waals surface area contributed by atoms with Crippen LogP contribution >= 0.6 is 22.8 Å². The van der Waals surface area contributed by atoms with Crippen LogP contribution in [0.25, 0.3) is 0 Å². The number of methoxy groups -OCH3 is 4. The molecular formula is C72H99O29P3. The number of aliphatic hydroxyl groups is 1. The third kappa shape index (κ3) is 22.7. The molecule has 0 aromatic heterocycles. The number of carbonyl (C=O) groups excluding carboxylic acids is 4. The third-order valence-corrected chi connectivity index (χ3v) is 20.1. The average Bonchev–Trinajstić information content (AvgIpc) is 1.53. The lowest BCUT2D eigenvalue weighted by atomic mass is 9.95. The molecule has 32 heteroatoms. The van der Waals surface area contributed by atoms with Gasteiger partial charge in [-0.15, -0.1) is 0 Å². The molecule has 4 aliphatic rings. The van der Waals surface area contributed by atoms with E-state index in [4.69, 9.17) is 80.6 Å². The average molecular weight is 1520 g/mol. The number of phenols is 4. The fourth-order valence-electron chi connectivity index (χ4n) is 11.5. The Balaban J connectivity index is 0.000000252. The fourth-order valence-corrected chi connectivity index (χ4v) is 14.7. The number of carbonyl (C=O) groups is 4. The van der Waals surface area contributed by atoms with Crippen molar-refractivity contribution in [1.82, 2.24) is 0 Å². The van der Waals surface area contributed by atoms with E-state index in [0.717, 1.165) is 44.5 Å². The highest BCUT2D eigenvalue weighted by Gasteiger charge is 2.37. The van der Waals surface area contributed by atoms with Crippen molar-refractivity contribution >= 4 is 46.7 Å². The van der Waals surface area contributed by atoms with Gasteiger partial charge in [0.25, 0.3) is 0 Å². The number of cyclic esters (lactones) is 4. The number of allylic oxidation sites excluding steroid dienone is 4. The van der Waals surface area contributed by atoms with Gasteiger partial charge in [-0.1, -0.05) is 46.6 Å². The van der Waals surface area contributed by atoms with Crippen LogP contribution in [0, 0.1) is 27.7 Å². The first-order chi connectivity index (χ1) is 48.7. The molecule has 1 unspecified atom stereocenters. The van der Waals surface area contributed by atoms with Crippen LogP contribution in [-0.4, -0.2) is 156 Å². The molecule has 0 radical (unpaired) electrons. The third-order valence-electron chi connectivity index (χ3n) is 16.3. The molecule has 4 aromatic rings. The molecule has 0 saturated carbocycles. The van der Waals surface area contributed by atoms with E-state index in [0.29, 0.717) is 86.8 Å². The number of esters is 4. The highest BCUT2D eigenvalue weighted by Crippen LogP contribution is 2.51. The minimum atomic E-state index is -4.20. The Labute approximate surface area is 605 Å². The summed E-state index contributed by atoms with van der Waals surface area (Å²) in [6, 6.07) is 0. The Morgan fingerprint density at radius 2 is 0.663 bits per heavy atom. The minimum Gasteiger partial charge on any atom is -0.507 e. The second-order valence-electron chi connectivity index (χ2n) is 25.6. The predicted molar refractivity (Wildman–Crippen MR) is 382 cm³/mol. The number of aromatic hydroxyl groups is 4. The number of fused-ring (bicyclic) bond motifs is 4. The van der Waals surface area contributed by atoms with Crippen LogP contribution < -0.4 is 18.9 Å². The van der Waals surface area contributed by atoms with E-state index in [9.17, 15) is 58.2 Å². The van der Waals surface area contributed by atoms with E-state index >= 15 is 0 Å². The maximum absolute atomic E-state index is 12.8. The van der Waals surface area contributed by atoms with Crippen molar-refractivity contribution < 1.29 is 139 Å². The van der Waals surface area contributed by atoms with Crippen LogP contribution in [0.4, 0.5) is 0 Å². The van der Waals surface area contributed by atoms with E-state index < -0.39 is 59.4 Å². The zero-order valence-corrected chi connectivity index (χ0v) is 64.8. The minimum absolute atomic E-state index is 0.0418. The molecule has 8 rings (SSSR count). The van der Waals surface area contributed by atoms with Gasteiger partial charge in [-0.3, -0.25) is 13.7 Å². The van der Waals surface area contributed by atoms with Crippen molar-refractivity contribution in [2.75, 3.05) is 73.9 Å². The Hall–Kier alpha value is -7.59. The molecule has 0 spiro atoms. The lowest BCUT2D eigenvalue weighted by Crippen LogP contribution is -2.12. The van der Waals surface area contributed by atoms with E-state index in [-0.39, 0.29) is 129 Å². The largest absolute Gasteiger partial charge is 0.507 e. The zero-order valence-electron chi connectivity index (χ0n) is 62.1. The number of aliphatic hydroxyl groups excluding tert-OH is 1. The van der Waals surface area contributed by atoms with Crippen LogP contribution in [0.5, 0.6) is 46.0 Å². The molecule has 104 heavy (non-hydrogen) atoms. The SMILES string of the molecule is COc1c(C)c2c(c(O)c1C/C=C(\C)CO)C(=O)OC2.COc1c(C)c2c(c(O)c1C/C=C(\C)COCP(=O)(O)O)C(=O)OC2.COc1c(C)c2c(c(O)c1C/C=C(\C)COCP(=O)(O)OC(C)C)C(=O)OC2.COc1c(C)c2c(c(O)c1C/C=C(\C)COCP(=O)(OC(C)C)OC(C)C)C(=O)OC2. The number of phenolic OH excluding ortho intramolecular Hbond substituents is 4. The number of rotatable bonds is 31.